The molecule has 4 rings (SSSR count). The van der Waals surface area contributed by atoms with E-state index in [9.17, 15) is 13.2 Å². The maximum atomic E-state index is 13.3. The van der Waals surface area contributed by atoms with Crippen LogP contribution in [0, 0.1) is 0 Å². The van der Waals surface area contributed by atoms with E-state index >= 15 is 0 Å². The number of hydrogen-bond donors (Lipinski definition) is 1. The van der Waals surface area contributed by atoms with E-state index in [1.807, 2.05) is 30.3 Å². The molecule has 0 aromatic heterocycles. The third kappa shape index (κ3) is 4.46. The van der Waals surface area contributed by atoms with Crippen LogP contribution in [-0.2, 0) is 32.5 Å². The van der Waals surface area contributed by atoms with Crippen molar-refractivity contribution in [1.29, 1.82) is 0 Å². The quantitative estimate of drug-likeness (QED) is 0.775. The molecular formula is C21H24ClN3O4S. The Morgan fingerprint density at radius 2 is 1.83 bits per heavy atom. The van der Waals surface area contributed by atoms with Gasteiger partial charge in [0.2, 0.25) is 15.9 Å². The summed E-state index contributed by atoms with van der Waals surface area (Å²) in [6, 6.07) is 12.1. The van der Waals surface area contributed by atoms with Crippen LogP contribution >= 0.6 is 11.6 Å². The number of morpholine rings is 1. The number of nitrogens with one attached hydrogen (secondary N) is 1. The minimum atomic E-state index is -3.57. The van der Waals surface area contributed by atoms with Crippen molar-refractivity contribution < 1.29 is 17.9 Å². The van der Waals surface area contributed by atoms with Crippen LogP contribution in [0.2, 0.25) is 5.02 Å². The van der Waals surface area contributed by atoms with Crippen molar-refractivity contribution >= 4 is 38.9 Å². The van der Waals surface area contributed by atoms with E-state index in [4.69, 9.17) is 16.3 Å². The highest BCUT2D eigenvalue weighted by Crippen LogP contribution is 2.32. The van der Waals surface area contributed by atoms with Gasteiger partial charge in [0.1, 0.15) is 6.04 Å². The molecule has 2 aliphatic rings. The lowest BCUT2D eigenvalue weighted by molar-refractivity contribution is -0.120. The summed E-state index contributed by atoms with van der Waals surface area (Å²) < 4.78 is 31.6. The Kier molecular flexibility index (Phi) is 6.02. The lowest BCUT2D eigenvalue weighted by Gasteiger charge is -2.35. The lowest BCUT2D eigenvalue weighted by atomic mass is 9.95. The van der Waals surface area contributed by atoms with Gasteiger partial charge in [-0.2, -0.15) is 4.31 Å². The van der Waals surface area contributed by atoms with Gasteiger partial charge in [-0.1, -0.05) is 35.9 Å². The second kappa shape index (κ2) is 8.55. The maximum Gasteiger partial charge on any atom is 0.243 e. The highest BCUT2D eigenvalue weighted by molar-refractivity contribution is 7.88. The number of carbonyl (C=O) groups excluding carboxylic acids is 1. The van der Waals surface area contributed by atoms with Gasteiger partial charge in [0.05, 0.1) is 30.8 Å². The summed E-state index contributed by atoms with van der Waals surface area (Å²) in [5, 5.41) is 3.44. The van der Waals surface area contributed by atoms with Crippen molar-refractivity contribution in [3.8, 4) is 0 Å². The number of nitrogens with zero attached hydrogens (tertiary/aromatic N) is 2. The molecule has 160 valence electrons. The molecule has 0 saturated carbocycles. The van der Waals surface area contributed by atoms with Crippen molar-refractivity contribution in [2.45, 2.75) is 19.0 Å². The smallest absolute Gasteiger partial charge is 0.243 e. The van der Waals surface area contributed by atoms with Gasteiger partial charge in [-0.05, 0) is 35.7 Å². The molecule has 0 radical (unpaired) electrons. The monoisotopic (exact) mass is 449 g/mol. The molecule has 2 aromatic carbocycles. The molecule has 1 amide bonds. The molecule has 0 spiro atoms. The van der Waals surface area contributed by atoms with Crippen LogP contribution in [0.1, 0.15) is 11.1 Å². The molecule has 0 aliphatic carbocycles. The number of carbonyl (C=O) groups is 1. The first-order chi connectivity index (χ1) is 14.3. The average molecular weight is 450 g/mol. The Morgan fingerprint density at radius 3 is 2.53 bits per heavy atom. The third-order valence-electron chi connectivity index (χ3n) is 5.50. The second-order valence-corrected chi connectivity index (χ2v) is 9.92. The van der Waals surface area contributed by atoms with Gasteiger partial charge < -0.3 is 15.0 Å². The van der Waals surface area contributed by atoms with E-state index in [2.05, 4.69) is 10.2 Å². The predicted octanol–water partition coefficient (Wildman–Crippen LogP) is 2.50. The van der Waals surface area contributed by atoms with E-state index in [1.165, 1.54) is 4.31 Å². The van der Waals surface area contributed by atoms with E-state index in [1.54, 1.807) is 12.1 Å². The number of fused-ring (bicyclic) bond motifs is 1. The molecule has 2 heterocycles. The molecule has 1 saturated heterocycles. The van der Waals surface area contributed by atoms with Crippen LogP contribution in [0.5, 0.6) is 0 Å². The molecular weight excluding hydrogens is 426 g/mol. The first kappa shape index (κ1) is 21.1. The van der Waals surface area contributed by atoms with Crippen molar-refractivity contribution in [2.24, 2.45) is 0 Å². The molecule has 9 heteroatoms. The molecule has 2 aromatic rings. The fraction of sp³-hybridized carbons (Fsp3) is 0.381. The van der Waals surface area contributed by atoms with Crippen molar-refractivity contribution in [1.82, 2.24) is 4.31 Å². The Hall–Kier alpha value is -2.13. The zero-order valence-electron chi connectivity index (χ0n) is 16.7. The summed E-state index contributed by atoms with van der Waals surface area (Å²) in [6.45, 7) is 2.81. The Balaban J connectivity index is 1.63. The van der Waals surface area contributed by atoms with Crippen molar-refractivity contribution in [3.63, 3.8) is 0 Å². The first-order valence-corrected chi connectivity index (χ1v) is 12.0. The van der Waals surface area contributed by atoms with Gasteiger partial charge in [-0.15, -0.1) is 0 Å². The Bertz CT molecular complexity index is 1050. The number of amides is 1. The maximum absolute atomic E-state index is 13.3. The molecule has 2 aliphatic heterocycles. The lowest BCUT2D eigenvalue weighted by Crippen LogP contribution is -2.50. The average Bonchev–Trinajstić information content (AvgIpc) is 2.73. The van der Waals surface area contributed by atoms with Gasteiger partial charge in [-0.25, -0.2) is 8.42 Å². The summed E-state index contributed by atoms with van der Waals surface area (Å²) in [4.78, 5) is 15.4. The van der Waals surface area contributed by atoms with E-state index < -0.39 is 16.1 Å². The number of halogens is 1. The minimum absolute atomic E-state index is 0.180. The minimum Gasteiger partial charge on any atom is -0.378 e. The standard InChI is InChI=1S/C21H24ClN3O4S/c1-30(27,28)25-14-16-5-3-2-4-15(16)12-20(25)21(26)23-18-13-17(22)6-7-19(18)24-8-10-29-11-9-24/h2-7,13,20H,8-12,14H2,1H3,(H,23,26)/t20-/m1/s1. The Morgan fingerprint density at radius 1 is 1.13 bits per heavy atom. The second-order valence-electron chi connectivity index (χ2n) is 7.55. The van der Waals surface area contributed by atoms with E-state index in [0.717, 1.165) is 23.1 Å². The SMILES string of the molecule is CS(=O)(=O)N1Cc2ccccc2C[C@@H]1C(=O)Nc1cc(Cl)ccc1N1CCOCC1. The zero-order valence-corrected chi connectivity index (χ0v) is 18.2. The highest BCUT2D eigenvalue weighted by Gasteiger charge is 2.37. The molecule has 1 fully saturated rings. The van der Waals surface area contributed by atoms with Crippen LogP contribution in [0.15, 0.2) is 42.5 Å². The van der Waals surface area contributed by atoms with E-state index in [-0.39, 0.29) is 12.5 Å². The number of rotatable bonds is 4. The molecule has 0 unspecified atom stereocenters. The summed E-state index contributed by atoms with van der Waals surface area (Å²) in [5.74, 6) is -0.369. The third-order valence-corrected chi connectivity index (χ3v) is 6.97. The zero-order chi connectivity index (χ0) is 21.3. The number of hydrogen-bond acceptors (Lipinski definition) is 5. The van der Waals surface area contributed by atoms with Gasteiger partial charge in [0.25, 0.3) is 0 Å². The van der Waals surface area contributed by atoms with Gasteiger partial charge in [-0.3, -0.25) is 4.79 Å². The predicted molar refractivity (Wildman–Crippen MR) is 117 cm³/mol. The number of anilines is 2. The summed E-state index contributed by atoms with van der Waals surface area (Å²) in [6.07, 6.45) is 1.46. The summed E-state index contributed by atoms with van der Waals surface area (Å²) in [7, 11) is -3.57. The number of benzene rings is 2. The molecule has 7 nitrogen and oxygen atoms in total. The normalized spacial score (nSPS) is 19.9. The number of ether oxygens (including phenoxy) is 1. The summed E-state index contributed by atoms with van der Waals surface area (Å²) >= 11 is 6.19. The molecule has 30 heavy (non-hydrogen) atoms. The fourth-order valence-corrected chi connectivity index (χ4v) is 5.15. The number of sulfonamides is 1. The van der Waals surface area contributed by atoms with Crippen LogP contribution < -0.4 is 10.2 Å². The van der Waals surface area contributed by atoms with Gasteiger partial charge in [0, 0.05) is 24.7 Å². The van der Waals surface area contributed by atoms with Crippen LogP contribution in [-0.4, -0.2) is 57.2 Å². The van der Waals surface area contributed by atoms with Crippen molar-refractivity contribution in [3.05, 3.63) is 58.6 Å². The van der Waals surface area contributed by atoms with Gasteiger partial charge in [0.15, 0.2) is 0 Å². The molecule has 1 atom stereocenters. The van der Waals surface area contributed by atoms with Gasteiger partial charge >= 0.3 is 0 Å². The van der Waals surface area contributed by atoms with Crippen LogP contribution in [0.3, 0.4) is 0 Å². The largest absolute Gasteiger partial charge is 0.378 e. The Labute approximate surface area is 181 Å². The van der Waals surface area contributed by atoms with E-state index in [0.29, 0.717) is 43.4 Å². The summed E-state index contributed by atoms with van der Waals surface area (Å²) in [5.41, 5.74) is 3.32. The van der Waals surface area contributed by atoms with Crippen molar-refractivity contribution in [2.75, 3.05) is 42.8 Å². The first-order valence-electron chi connectivity index (χ1n) is 9.79. The topological polar surface area (TPSA) is 79.0 Å². The molecule has 0 bridgehead atoms. The van der Waals surface area contributed by atoms with Crippen LogP contribution in [0.25, 0.3) is 0 Å². The van der Waals surface area contributed by atoms with Crippen LogP contribution in [0.4, 0.5) is 11.4 Å². The fourth-order valence-electron chi connectivity index (χ4n) is 3.98. The molecule has 1 N–H and O–H groups in total. The highest BCUT2D eigenvalue weighted by atomic mass is 35.5.